The Balaban J connectivity index is 2.39. The van der Waals surface area contributed by atoms with Crippen LogP contribution < -0.4 is 5.32 Å². The highest BCUT2D eigenvalue weighted by Crippen LogP contribution is 2.42. The molecule has 0 radical (unpaired) electrons. The van der Waals surface area contributed by atoms with Crippen LogP contribution in [0.1, 0.15) is 79.1 Å². The Bertz CT molecular complexity index is 184. The van der Waals surface area contributed by atoms with Crippen molar-refractivity contribution in [3.05, 3.63) is 0 Å². The predicted molar refractivity (Wildman–Crippen MR) is 72.8 cm³/mol. The van der Waals surface area contributed by atoms with Gasteiger partial charge in [-0.25, -0.2) is 0 Å². The van der Waals surface area contributed by atoms with Gasteiger partial charge in [-0.1, -0.05) is 39.0 Å². The van der Waals surface area contributed by atoms with Crippen molar-refractivity contribution in [1.29, 1.82) is 0 Å². The molecule has 0 atom stereocenters. The molecule has 0 unspecified atom stereocenters. The van der Waals surface area contributed by atoms with Crippen LogP contribution >= 0.6 is 0 Å². The summed E-state index contributed by atoms with van der Waals surface area (Å²) in [5.74, 6) is 0. The second-order valence-corrected chi connectivity index (χ2v) is 6.77. The lowest BCUT2D eigenvalue weighted by molar-refractivity contribution is 0.222. The van der Waals surface area contributed by atoms with Gasteiger partial charge in [-0.05, 0) is 45.4 Å². The van der Waals surface area contributed by atoms with Gasteiger partial charge < -0.3 is 5.32 Å². The molecule has 0 aromatic heterocycles. The third kappa shape index (κ3) is 4.86. The van der Waals surface area contributed by atoms with E-state index in [0.717, 1.165) is 0 Å². The van der Waals surface area contributed by atoms with Gasteiger partial charge in [0.2, 0.25) is 0 Å². The monoisotopic (exact) mass is 225 g/mol. The van der Waals surface area contributed by atoms with Crippen LogP contribution in [0.25, 0.3) is 0 Å². The largest absolute Gasteiger partial charge is 0.312 e. The molecule has 0 aromatic rings. The first-order chi connectivity index (χ1) is 7.47. The van der Waals surface area contributed by atoms with Crippen LogP contribution in [0, 0.1) is 5.41 Å². The number of rotatable bonds is 6. The Morgan fingerprint density at radius 2 is 1.69 bits per heavy atom. The zero-order valence-electron chi connectivity index (χ0n) is 11.9. The van der Waals surface area contributed by atoms with E-state index in [1.54, 1.807) is 0 Å². The Labute approximate surface area is 102 Å². The van der Waals surface area contributed by atoms with Crippen molar-refractivity contribution < 1.29 is 0 Å². The van der Waals surface area contributed by atoms with E-state index in [-0.39, 0.29) is 5.54 Å². The highest BCUT2D eigenvalue weighted by Gasteiger charge is 2.33. The summed E-state index contributed by atoms with van der Waals surface area (Å²) in [6, 6.07) is 0. The Hall–Kier alpha value is -0.0400. The molecule has 0 heterocycles. The molecule has 1 aliphatic rings. The molecule has 1 heteroatoms. The summed E-state index contributed by atoms with van der Waals surface area (Å²) in [4.78, 5) is 0. The lowest BCUT2D eigenvalue weighted by Crippen LogP contribution is -2.43. The van der Waals surface area contributed by atoms with Gasteiger partial charge in [0.25, 0.3) is 0 Å². The third-order valence-corrected chi connectivity index (χ3v) is 3.97. The first-order valence-corrected chi connectivity index (χ1v) is 7.22. The molecule has 1 rings (SSSR count). The Kier molecular flexibility index (Phi) is 5.30. The quantitative estimate of drug-likeness (QED) is 0.656. The van der Waals surface area contributed by atoms with E-state index in [0.29, 0.717) is 5.41 Å². The zero-order chi connectivity index (χ0) is 12.1. The predicted octanol–water partition coefficient (Wildman–Crippen LogP) is 4.52. The Morgan fingerprint density at radius 1 is 1.06 bits per heavy atom. The fourth-order valence-corrected chi connectivity index (χ4v) is 2.84. The molecule has 0 bridgehead atoms. The molecule has 0 aliphatic heterocycles. The van der Waals surface area contributed by atoms with E-state index in [1.165, 1.54) is 57.9 Å². The van der Waals surface area contributed by atoms with Gasteiger partial charge >= 0.3 is 0 Å². The van der Waals surface area contributed by atoms with E-state index in [1.807, 2.05) is 0 Å². The van der Waals surface area contributed by atoms with Crippen molar-refractivity contribution in [3.63, 3.8) is 0 Å². The van der Waals surface area contributed by atoms with Crippen LogP contribution in [-0.2, 0) is 0 Å². The molecule has 0 saturated heterocycles. The second-order valence-electron chi connectivity index (χ2n) is 6.77. The van der Waals surface area contributed by atoms with Gasteiger partial charge in [-0.15, -0.1) is 0 Å². The average molecular weight is 225 g/mol. The number of nitrogens with one attached hydrogen (secondary N) is 1. The lowest BCUT2D eigenvalue weighted by atomic mass is 9.80. The topological polar surface area (TPSA) is 12.0 Å². The minimum absolute atomic E-state index is 0.278. The van der Waals surface area contributed by atoms with Crippen LogP contribution in [0.15, 0.2) is 0 Å². The van der Waals surface area contributed by atoms with E-state index in [4.69, 9.17) is 0 Å². The van der Waals surface area contributed by atoms with Gasteiger partial charge in [0, 0.05) is 12.1 Å². The summed E-state index contributed by atoms with van der Waals surface area (Å²) in [5.41, 5.74) is 0.919. The van der Waals surface area contributed by atoms with Crippen molar-refractivity contribution >= 4 is 0 Å². The van der Waals surface area contributed by atoms with Crippen molar-refractivity contribution in [3.8, 4) is 0 Å². The first kappa shape index (κ1) is 14.0. The number of hydrogen-bond donors (Lipinski definition) is 1. The van der Waals surface area contributed by atoms with Gasteiger partial charge in [-0.2, -0.15) is 0 Å². The molecule has 0 aromatic carbocycles. The van der Waals surface area contributed by atoms with E-state index >= 15 is 0 Å². The Morgan fingerprint density at radius 3 is 2.19 bits per heavy atom. The molecule has 0 spiro atoms. The maximum atomic E-state index is 3.73. The fraction of sp³-hybridized carbons (Fsp3) is 1.00. The minimum atomic E-state index is 0.278. The van der Waals surface area contributed by atoms with Crippen LogP contribution in [0.5, 0.6) is 0 Å². The van der Waals surface area contributed by atoms with Crippen molar-refractivity contribution in [2.75, 3.05) is 6.54 Å². The van der Waals surface area contributed by atoms with Crippen LogP contribution in [0.4, 0.5) is 0 Å². The molecule has 1 N–H and O–H groups in total. The summed E-state index contributed by atoms with van der Waals surface area (Å²) in [6.45, 7) is 10.4. The lowest BCUT2D eigenvalue weighted by Gasteiger charge is -2.33. The summed E-state index contributed by atoms with van der Waals surface area (Å²) < 4.78 is 0. The highest BCUT2D eigenvalue weighted by molar-refractivity contribution is 4.88. The molecular weight excluding hydrogens is 194 g/mol. The molecule has 0 amide bonds. The van der Waals surface area contributed by atoms with Crippen LogP contribution in [-0.4, -0.2) is 12.1 Å². The number of hydrogen-bond acceptors (Lipinski definition) is 1. The van der Waals surface area contributed by atoms with Crippen LogP contribution in [0.2, 0.25) is 0 Å². The first-order valence-electron chi connectivity index (χ1n) is 7.22. The van der Waals surface area contributed by atoms with Crippen molar-refractivity contribution in [2.45, 2.75) is 84.6 Å². The fourth-order valence-electron chi connectivity index (χ4n) is 2.84. The maximum Gasteiger partial charge on any atom is 0.00967 e. The number of unbranched alkanes of at least 4 members (excludes halogenated alkanes) is 2. The summed E-state index contributed by atoms with van der Waals surface area (Å²) >= 11 is 0. The van der Waals surface area contributed by atoms with Gasteiger partial charge in [0.15, 0.2) is 0 Å². The van der Waals surface area contributed by atoms with Gasteiger partial charge in [0.1, 0.15) is 0 Å². The maximum absolute atomic E-state index is 3.73. The normalized spacial score (nSPS) is 20.2. The molecular formula is C15H31N. The summed E-state index contributed by atoms with van der Waals surface area (Å²) in [7, 11) is 0. The minimum Gasteiger partial charge on any atom is -0.312 e. The molecule has 1 aliphatic carbocycles. The molecule has 96 valence electrons. The van der Waals surface area contributed by atoms with Crippen molar-refractivity contribution in [1.82, 2.24) is 5.32 Å². The zero-order valence-corrected chi connectivity index (χ0v) is 11.9. The average Bonchev–Trinajstić information content (AvgIpc) is 2.64. The SMILES string of the molecule is CCCCCC1(CNC(C)(C)C)CCCC1. The van der Waals surface area contributed by atoms with E-state index < -0.39 is 0 Å². The second kappa shape index (κ2) is 6.05. The highest BCUT2D eigenvalue weighted by atomic mass is 15.0. The molecule has 1 saturated carbocycles. The summed E-state index contributed by atoms with van der Waals surface area (Å²) in [5, 5.41) is 3.73. The van der Waals surface area contributed by atoms with E-state index in [9.17, 15) is 0 Å². The third-order valence-electron chi connectivity index (χ3n) is 3.97. The van der Waals surface area contributed by atoms with Gasteiger partial charge in [-0.3, -0.25) is 0 Å². The smallest absolute Gasteiger partial charge is 0.00967 e. The van der Waals surface area contributed by atoms with Gasteiger partial charge in [0.05, 0.1) is 0 Å². The molecule has 1 fully saturated rings. The molecule has 1 nitrogen and oxygen atoms in total. The standard InChI is InChI=1S/C15H31N/c1-5-6-7-10-15(11-8-9-12-15)13-16-14(2,3)4/h16H,5-13H2,1-4H3. The van der Waals surface area contributed by atoms with Crippen molar-refractivity contribution in [2.24, 2.45) is 5.41 Å². The van der Waals surface area contributed by atoms with Crippen LogP contribution in [0.3, 0.4) is 0 Å². The summed E-state index contributed by atoms with van der Waals surface area (Å²) in [6.07, 6.45) is 11.5. The molecule has 16 heavy (non-hydrogen) atoms. The van der Waals surface area contributed by atoms with E-state index in [2.05, 4.69) is 33.0 Å².